The maximum Gasteiger partial charge on any atom is 0.363 e. The summed E-state index contributed by atoms with van der Waals surface area (Å²) in [7, 11) is 0. The normalized spacial score (nSPS) is 15.6. The lowest BCUT2D eigenvalue weighted by Gasteiger charge is -2.05. The monoisotopic (exact) mass is 303 g/mol. The molecule has 0 bridgehead atoms. The molecule has 1 fully saturated rings. The summed E-state index contributed by atoms with van der Waals surface area (Å²) < 4.78 is 6.54. The van der Waals surface area contributed by atoms with Gasteiger partial charge in [0.1, 0.15) is 6.61 Å². The Balaban J connectivity index is 2.03. The molecule has 1 aromatic rings. The zero-order chi connectivity index (χ0) is 15.9. The van der Waals surface area contributed by atoms with Gasteiger partial charge in [-0.3, -0.25) is 4.79 Å². The summed E-state index contributed by atoms with van der Waals surface area (Å²) in [6.45, 7) is 3.96. The number of nitrogens with one attached hydrogen (secondary N) is 2. The second-order valence-electron chi connectivity index (χ2n) is 4.96. The van der Waals surface area contributed by atoms with Gasteiger partial charge in [-0.25, -0.2) is 10.1 Å². The van der Waals surface area contributed by atoms with Crippen LogP contribution in [0, 0.1) is 0 Å². The number of benzene rings is 1. The van der Waals surface area contributed by atoms with E-state index in [0.717, 1.165) is 11.3 Å². The molecule has 116 valence electrons. The molecule has 0 aromatic heterocycles. The Morgan fingerprint density at radius 3 is 2.59 bits per heavy atom. The van der Waals surface area contributed by atoms with Crippen molar-refractivity contribution in [1.29, 1.82) is 0 Å². The van der Waals surface area contributed by atoms with Gasteiger partial charge in [0.25, 0.3) is 0 Å². The molecule has 7 nitrogen and oxygen atoms in total. The molecule has 1 saturated heterocycles. The standard InChI is InChI=1S/C15H18N4O3/c1-11(2)18-19(14-15(21)17-10-16-14)8-13(20)22-9-12-6-4-3-5-7-12/h3-7H,8-10H2,1-2H3,(H,17,21)/p+1. The van der Waals surface area contributed by atoms with Crippen LogP contribution in [0.1, 0.15) is 19.4 Å². The van der Waals surface area contributed by atoms with Gasteiger partial charge in [-0.05, 0) is 19.4 Å². The summed E-state index contributed by atoms with van der Waals surface area (Å²) in [6.07, 6.45) is 0. The predicted octanol–water partition coefficient (Wildman–Crippen LogP) is 0.214. The van der Waals surface area contributed by atoms with Crippen LogP contribution in [-0.2, 0) is 20.9 Å². The van der Waals surface area contributed by atoms with Crippen molar-refractivity contribution in [1.82, 2.24) is 10.6 Å². The fourth-order valence-electron chi connectivity index (χ4n) is 1.89. The van der Waals surface area contributed by atoms with E-state index in [4.69, 9.17) is 4.74 Å². The zero-order valence-electron chi connectivity index (χ0n) is 12.6. The molecule has 1 aliphatic heterocycles. The highest BCUT2D eigenvalue weighted by molar-refractivity contribution is 6.37. The number of carbonyl (C=O) groups is 2. The number of amidine groups is 1. The Hall–Kier alpha value is -2.70. The van der Waals surface area contributed by atoms with Crippen LogP contribution in [0.2, 0.25) is 0 Å². The van der Waals surface area contributed by atoms with E-state index in [2.05, 4.69) is 15.7 Å². The largest absolute Gasteiger partial charge is 0.458 e. The Morgan fingerprint density at radius 1 is 1.27 bits per heavy atom. The molecule has 1 amide bonds. The third-order valence-corrected chi connectivity index (χ3v) is 2.82. The van der Waals surface area contributed by atoms with Crippen molar-refractivity contribution in [2.45, 2.75) is 20.5 Å². The van der Waals surface area contributed by atoms with Gasteiger partial charge in [0, 0.05) is 0 Å². The van der Waals surface area contributed by atoms with E-state index in [1.165, 1.54) is 4.68 Å². The number of hydrogen-bond donors (Lipinski definition) is 2. The number of ether oxygens (including phenoxy) is 1. The van der Waals surface area contributed by atoms with Gasteiger partial charge in [0.2, 0.25) is 6.54 Å². The van der Waals surface area contributed by atoms with Crippen LogP contribution in [0.15, 0.2) is 35.4 Å². The summed E-state index contributed by atoms with van der Waals surface area (Å²) >= 11 is 0. The molecule has 1 aliphatic rings. The lowest BCUT2D eigenvalue weighted by Crippen LogP contribution is -2.35. The maximum absolute atomic E-state index is 12.0. The fourth-order valence-corrected chi connectivity index (χ4v) is 1.89. The zero-order valence-corrected chi connectivity index (χ0v) is 12.6. The predicted molar refractivity (Wildman–Crippen MR) is 81.3 cm³/mol. The van der Waals surface area contributed by atoms with Gasteiger partial charge in [0.05, 0.1) is 5.71 Å². The van der Waals surface area contributed by atoms with Crippen LogP contribution in [0.25, 0.3) is 0 Å². The van der Waals surface area contributed by atoms with Crippen molar-refractivity contribution >= 4 is 23.4 Å². The average molecular weight is 303 g/mol. The minimum atomic E-state index is -0.456. The van der Waals surface area contributed by atoms with E-state index in [0.29, 0.717) is 6.67 Å². The van der Waals surface area contributed by atoms with Crippen LogP contribution >= 0.6 is 0 Å². The van der Waals surface area contributed by atoms with Gasteiger partial charge in [-0.1, -0.05) is 35.4 Å². The van der Waals surface area contributed by atoms with Crippen LogP contribution in [0.3, 0.4) is 0 Å². The van der Waals surface area contributed by atoms with E-state index < -0.39 is 5.97 Å². The van der Waals surface area contributed by atoms with E-state index in [-0.39, 0.29) is 24.9 Å². The summed E-state index contributed by atoms with van der Waals surface area (Å²) in [4.78, 5) is 23.7. The highest BCUT2D eigenvalue weighted by Gasteiger charge is 2.30. The second kappa shape index (κ2) is 7.35. The SMILES string of the molecule is CC(C)=N[N+](CC(=O)OCc1ccccc1)=C1NCNC1=O. The third-order valence-electron chi connectivity index (χ3n) is 2.82. The van der Waals surface area contributed by atoms with Crippen LogP contribution in [0.5, 0.6) is 0 Å². The molecule has 0 atom stereocenters. The average Bonchev–Trinajstić information content (AvgIpc) is 2.91. The minimum absolute atomic E-state index is 0.131. The Bertz CT molecular complexity index is 619. The van der Waals surface area contributed by atoms with E-state index >= 15 is 0 Å². The highest BCUT2D eigenvalue weighted by atomic mass is 16.5. The highest BCUT2D eigenvalue weighted by Crippen LogP contribution is 2.01. The van der Waals surface area contributed by atoms with E-state index in [1.807, 2.05) is 30.3 Å². The van der Waals surface area contributed by atoms with Gasteiger partial charge in [-0.15, -0.1) is 4.68 Å². The molecule has 0 unspecified atom stereocenters. The van der Waals surface area contributed by atoms with Crippen molar-refractivity contribution in [3.05, 3.63) is 35.9 Å². The van der Waals surface area contributed by atoms with Crippen LogP contribution < -0.4 is 10.6 Å². The summed E-state index contributed by atoms with van der Waals surface area (Å²) in [5, 5.41) is 9.66. The fraction of sp³-hybridized carbons (Fsp3) is 0.333. The van der Waals surface area contributed by atoms with Crippen LogP contribution in [0.4, 0.5) is 0 Å². The van der Waals surface area contributed by atoms with Crippen molar-refractivity contribution in [3.8, 4) is 0 Å². The summed E-state index contributed by atoms with van der Waals surface area (Å²) in [5.41, 5.74) is 1.63. The minimum Gasteiger partial charge on any atom is -0.458 e. The quantitative estimate of drug-likeness (QED) is 0.353. The van der Waals surface area contributed by atoms with E-state index in [1.54, 1.807) is 13.8 Å². The first-order valence-corrected chi connectivity index (χ1v) is 6.94. The molecule has 0 saturated carbocycles. The molecule has 7 heteroatoms. The Kier molecular flexibility index (Phi) is 5.24. The maximum atomic E-state index is 12.0. The molecule has 0 radical (unpaired) electrons. The summed E-state index contributed by atoms with van der Waals surface area (Å²) in [5.74, 6) is -0.499. The molecule has 2 N–H and O–H groups in total. The molecule has 0 aliphatic carbocycles. The van der Waals surface area contributed by atoms with Gasteiger partial charge in [-0.2, -0.15) is 0 Å². The first-order valence-electron chi connectivity index (χ1n) is 6.94. The molecule has 2 rings (SSSR count). The Labute approximate surface area is 128 Å². The third kappa shape index (κ3) is 4.41. The number of hydrogen-bond acceptors (Lipinski definition) is 4. The number of hydrazone groups is 1. The molecular formula is C15H19N4O3+. The molecule has 1 heterocycles. The van der Waals surface area contributed by atoms with E-state index in [9.17, 15) is 9.59 Å². The lowest BCUT2D eigenvalue weighted by atomic mass is 10.2. The van der Waals surface area contributed by atoms with Gasteiger partial charge < -0.3 is 10.1 Å². The van der Waals surface area contributed by atoms with Crippen molar-refractivity contribution in [2.75, 3.05) is 13.2 Å². The molecular weight excluding hydrogens is 284 g/mol. The number of amides is 1. The van der Waals surface area contributed by atoms with Crippen LogP contribution in [-0.4, -0.2) is 41.3 Å². The number of carbonyl (C=O) groups excluding carboxylic acids is 2. The number of esters is 1. The van der Waals surface area contributed by atoms with Gasteiger partial charge >= 0.3 is 17.7 Å². The molecule has 0 spiro atoms. The lowest BCUT2D eigenvalue weighted by molar-refractivity contribution is -0.524. The first-order chi connectivity index (χ1) is 10.6. The smallest absolute Gasteiger partial charge is 0.363 e. The molecule has 22 heavy (non-hydrogen) atoms. The van der Waals surface area contributed by atoms with Crippen molar-refractivity contribution in [3.63, 3.8) is 0 Å². The second-order valence-corrected chi connectivity index (χ2v) is 4.96. The summed E-state index contributed by atoms with van der Waals surface area (Å²) in [6, 6.07) is 9.40. The first kappa shape index (κ1) is 15.7. The van der Waals surface area contributed by atoms with Crippen molar-refractivity contribution in [2.24, 2.45) is 5.10 Å². The number of rotatable bonds is 5. The molecule has 1 aromatic carbocycles. The van der Waals surface area contributed by atoms with Crippen molar-refractivity contribution < 1.29 is 19.0 Å². The topological polar surface area (TPSA) is 82.8 Å². The van der Waals surface area contributed by atoms with Gasteiger partial charge in [0.15, 0.2) is 6.67 Å². The Morgan fingerprint density at radius 2 is 2.00 bits per heavy atom. The number of nitrogens with zero attached hydrogens (tertiary/aromatic N) is 2.